The predicted molar refractivity (Wildman–Crippen MR) is 49.0 cm³/mol. The van der Waals surface area contributed by atoms with Crippen LogP contribution in [-0.4, -0.2) is 12.9 Å². The normalized spacial score (nSPS) is 43.0. The zero-order valence-corrected chi connectivity index (χ0v) is 9.20. The second-order valence-electron chi connectivity index (χ2n) is 4.20. The van der Waals surface area contributed by atoms with E-state index < -0.39 is 8.07 Å². The number of halogens is 1. The smallest absolute Gasteiger partial charge is 0.0489 e. The van der Waals surface area contributed by atoms with Gasteiger partial charge >= 0.3 is 0 Å². The Balaban J connectivity index is 2.50. The first-order valence-electron chi connectivity index (χ1n) is 3.58. The van der Waals surface area contributed by atoms with Gasteiger partial charge in [0.15, 0.2) is 0 Å². The van der Waals surface area contributed by atoms with Crippen LogP contribution in [0.1, 0.15) is 6.92 Å². The quantitative estimate of drug-likeness (QED) is 0.457. The first-order valence-corrected chi connectivity index (χ1v) is 8.08. The van der Waals surface area contributed by atoms with E-state index in [2.05, 4.69) is 42.5 Å². The largest absolute Gasteiger partial charge is 0.0888 e. The third-order valence-electron chi connectivity index (χ3n) is 2.27. The van der Waals surface area contributed by atoms with E-state index in [1.165, 1.54) is 0 Å². The Bertz CT molecular complexity index is 109. The monoisotopic (exact) mass is 206 g/mol. The first kappa shape index (κ1) is 7.80. The van der Waals surface area contributed by atoms with Crippen LogP contribution in [0.3, 0.4) is 0 Å². The molecule has 54 valence electrons. The molecule has 1 saturated carbocycles. The Morgan fingerprint density at radius 3 is 1.56 bits per heavy atom. The summed E-state index contributed by atoms with van der Waals surface area (Å²) in [5, 5.41) is 0. The van der Waals surface area contributed by atoms with Gasteiger partial charge < -0.3 is 0 Å². The Morgan fingerprint density at radius 2 is 1.56 bits per heavy atom. The molecule has 9 heavy (non-hydrogen) atoms. The van der Waals surface area contributed by atoms with Crippen molar-refractivity contribution in [1.82, 2.24) is 0 Å². The lowest BCUT2D eigenvalue weighted by molar-refractivity contribution is 0.974. The molecule has 0 aliphatic heterocycles. The lowest BCUT2D eigenvalue weighted by atomic mass is 10.5. The van der Waals surface area contributed by atoms with E-state index in [0.717, 1.165) is 16.3 Å². The van der Waals surface area contributed by atoms with Crippen LogP contribution in [0.25, 0.3) is 0 Å². The number of hydrogen-bond donors (Lipinski definition) is 0. The van der Waals surface area contributed by atoms with Crippen molar-refractivity contribution in [2.24, 2.45) is 5.92 Å². The Labute approximate surface area is 67.2 Å². The zero-order valence-electron chi connectivity index (χ0n) is 6.61. The molecular formula is C7H15BrSi. The minimum absolute atomic E-state index is 0.796. The molecule has 0 amide bonds. The number of alkyl halides is 1. The van der Waals surface area contributed by atoms with Gasteiger partial charge in [0.1, 0.15) is 0 Å². The van der Waals surface area contributed by atoms with Crippen LogP contribution in [0.2, 0.25) is 25.2 Å². The average molecular weight is 207 g/mol. The SMILES string of the molecule is CC1C(Br)C1[Si](C)(C)C. The van der Waals surface area contributed by atoms with Crippen molar-refractivity contribution >= 4 is 24.0 Å². The maximum atomic E-state index is 3.68. The number of hydrogen-bond acceptors (Lipinski definition) is 0. The van der Waals surface area contributed by atoms with Crippen molar-refractivity contribution in [3.8, 4) is 0 Å². The van der Waals surface area contributed by atoms with Crippen LogP contribution >= 0.6 is 15.9 Å². The average Bonchev–Trinajstić information content (AvgIpc) is 2.11. The van der Waals surface area contributed by atoms with Crippen LogP contribution in [0.4, 0.5) is 0 Å². The highest BCUT2D eigenvalue weighted by atomic mass is 79.9. The summed E-state index contributed by atoms with van der Waals surface area (Å²) in [4.78, 5) is 0.851. The van der Waals surface area contributed by atoms with E-state index in [0.29, 0.717) is 0 Å². The van der Waals surface area contributed by atoms with Crippen LogP contribution in [0, 0.1) is 5.92 Å². The van der Waals surface area contributed by atoms with Crippen LogP contribution < -0.4 is 0 Å². The van der Waals surface area contributed by atoms with Gasteiger partial charge in [0, 0.05) is 12.9 Å². The summed E-state index contributed by atoms with van der Waals surface area (Å²) in [6.45, 7) is 9.71. The molecule has 0 radical (unpaired) electrons. The third-order valence-corrected chi connectivity index (χ3v) is 7.05. The second-order valence-corrected chi connectivity index (χ2v) is 10.7. The first-order chi connectivity index (χ1) is 3.94. The molecule has 0 aromatic carbocycles. The van der Waals surface area contributed by atoms with E-state index in [9.17, 15) is 0 Å². The molecule has 2 heteroatoms. The van der Waals surface area contributed by atoms with Gasteiger partial charge in [-0.1, -0.05) is 42.5 Å². The Morgan fingerprint density at radius 1 is 1.22 bits per heavy atom. The van der Waals surface area contributed by atoms with Gasteiger partial charge in [-0.3, -0.25) is 0 Å². The standard InChI is InChI=1S/C7H15BrSi/c1-5-6(8)7(5)9(2,3)4/h5-7H,1-4H3. The summed E-state index contributed by atoms with van der Waals surface area (Å²) < 4.78 is 0. The summed E-state index contributed by atoms with van der Waals surface area (Å²) in [7, 11) is -0.796. The topological polar surface area (TPSA) is 0 Å². The zero-order chi connectivity index (χ0) is 7.23. The van der Waals surface area contributed by atoms with Crippen molar-refractivity contribution < 1.29 is 0 Å². The highest BCUT2D eigenvalue weighted by molar-refractivity contribution is 9.09. The van der Waals surface area contributed by atoms with Gasteiger partial charge in [0.2, 0.25) is 0 Å². The van der Waals surface area contributed by atoms with E-state index >= 15 is 0 Å². The molecule has 0 aromatic rings. The molecule has 1 fully saturated rings. The minimum atomic E-state index is -0.796. The highest BCUT2D eigenvalue weighted by Crippen LogP contribution is 2.56. The molecule has 0 saturated heterocycles. The fourth-order valence-corrected chi connectivity index (χ4v) is 7.91. The molecular weight excluding hydrogens is 192 g/mol. The molecule has 0 N–H and O–H groups in total. The summed E-state index contributed by atoms with van der Waals surface area (Å²) in [6.07, 6.45) is 0. The van der Waals surface area contributed by atoms with E-state index in [4.69, 9.17) is 0 Å². The molecule has 0 heterocycles. The molecule has 1 aliphatic carbocycles. The molecule has 0 aromatic heterocycles. The van der Waals surface area contributed by atoms with Crippen molar-refractivity contribution in [2.45, 2.75) is 36.9 Å². The van der Waals surface area contributed by atoms with E-state index in [-0.39, 0.29) is 0 Å². The van der Waals surface area contributed by atoms with Crippen LogP contribution in [0.15, 0.2) is 0 Å². The van der Waals surface area contributed by atoms with Gasteiger partial charge in [-0.25, -0.2) is 0 Å². The van der Waals surface area contributed by atoms with Crippen LogP contribution in [0.5, 0.6) is 0 Å². The van der Waals surface area contributed by atoms with Gasteiger partial charge in [0.05, 0.1) is 0 Å². The second kappa shape index (κ2) is 2.09. The highest BCUT2D eigenvalue weighted by Gasteiger charge is 2.51. The maximum absolute atomic E-state index is 3.68. The lowest BCUT2D eigenvalue weighted by Crippen LogP contribution is -2.21. The maximum Gasteiger partial charge on any atom is 0.0489 e. The lowest BCUT2D eigenvalue weighted by Gasteiger charge is -2.14. The molecule has 3 unspecified atom stereocenters. The summed E-state index contributed by atoms with van der Waals surface area (Å²) >= 11 is 3.68. The fraction of sp³-hybridized carbons (Fsp3) is 1.00. The van der Waals surface area contributed by atoms with Crippen molar-refractivity contribution in [3.63, 3.8) is 0 Å². The van der Waals surface area contributed by atoms with E-state index in [1.54, 1.807) is 0 Å². The van der Waals surface area contributed by atoms with Crippen molar-refractivity contribution in [3.05, 3.63) is 0 Å². The van der Waals surface area contributed by atoms with E-state index in [1.807, 2.05) is 0 Å². The molecule has 3 atom stereocenters. The molecule has 0 bridgehead atoms. The molecule has 0 spiro atoms. The fourth-order valence-electron chi connectivity index (χ4n) is 1.68. The summed E-state index contributed by atoms with van der Waals surface area (Å²) in [5.74, 6) is 0.955. The van der Waals surface area contributed by atoms with Gasteiger partial charge in [-0.15, -0.1) is 0 Å². The Kier molecular flexibility index (Phi) is 1.81. The number of rotatable bonds is 1. The predicted octanol–water partition coefficient (Wildman–Crippen LogP) is 3.11. The molecule has 0 nitrogen and oxygen atoms in total. The Hall–Kier alpha value is 0.697. The van der Waals surface area contributed by atoms with Crippen LogP contribution in [-0.2, 0) is 0 Å². The summed E-state index contributed by atoms with van der Waals surface area (Å²) in [6, 6.07) is 0. The molecule has 1 rings (SSSR count). The third kappa shape index (κ3) is 1.40. The van der Waals surface area contributed by atoms with Gasteiger partial charge in [0.25, 0.3) is 0 Å². The minimum Gasteiger partial charge on any atom is -0.0888 e. The summed E-state index contributed by atoms with van der Waals surface area (Å²) in [5.41, 5.74) is 1.04. The van der Waals surface area contributed by atoms with Gasteiger partial charge in [-0.05, 0) is 11.5 Å². The molecule has 1 aliphatic rings. The van der Waals surface area contributed by atoms with Gasteiger partial charge in [-0.2, -0.15) is 0 Å². The van der Waals surface area contributed by atoms with Crippen molar-refractivity contribution in [2.75, 3.05) is 0 Å². The van der Waals surface area contributed by atoms with Crippen molar-refractivity contribution in [1.29, 1.82) is 0 Å².